The number of halogens is 2. The van der Waals surface area contributed by atoms with Gasteiger partial charge in [0.15, 0.2) is 5.69 Å². The molecule has 9 nitrogen and oxygen atoms in total. The zero-order chi connectivity index (χ0) is 25.7. The van der Waals surface area contributed by atoms with Gasteiger partial charge in [-0.05, 0) is 56.2 Å². The van der Waals surface area contributed by atoms with Crippen LogP contribution in [0.1, 0.15) is 58.8 Å². The van der Waals surface area contributed by atoms with Crippen molar-refractivity contribution in [2.75, 3.05) is 10.2 Å². The predicted molar refractivity (Wildman–Crippen MR) is 133 cm³/mol. The van der Waals surface area contributed by atoms with Crippen LogP contribution < -0.4 is 15.8 Å². The van der Waals surface area contributed by atoms with Crippen LogP contribution in [-0.4, -0.2) is 30.4 Å². The molecule has 0 aromatic carbocycles. The average molecular weight is 509 g/mol. The number of nitrogens with one attached hydrogen (secondary N) is 1. The number of anilines is 2. The Morgan fingerprint density at radius 2 is 2.06 bits per heavy atom. The van der Waals surface area contributed by atoms with Gasteiger partial charge in [-0.15, -0.1) is 0 Å². The lowest BCUT2D eigenvalue weighted by Gasteiger charge is -2.24. The Balaban J connectivity index is 1.58. The van der Waals surface area contributed by atoms with Gasteiger partial charge in [-0.1, -0.05) is 11.6 Å². The number of aromatic nitrogens is 4. The van der Waals surface area contributed by atoms with Crippen LogP contribution in [0.5, 0.6) is 0 Å². The minimum absolute atomic E-state index is 0.0690. The molecular formula is C25H22ClFN6O3. The third kappa shape index (κ3) is 4.13. The number of fused-ring (bicyclic) bond motifs is 2. The third-order valence-corrected chi connectivity index (χ3v) is 6.49. The number of rotatable bonds is 5. The van der Waals surface area contributed by atoms with Gasteiger partial charge in [0.05, 0.1) is 29.7 Å². The van der Waals surface area contributed by atoms with Crippen LogP contribution in [0, 0.1) is 12.7 Å². The van der Waals surface area contributed by atoms with Crippen molar-refractivity contribution in [2.24, 2.45) is 0 Å². The number of pyridine rings is 3. The minimum atomic E-state index is -1.22. The van der Waals surface area contributed by atoms with Crippen molar-refractivity contribution in [1.29, 1.82) is 0 Å². The SMILES string of the molecule is Cc1cc([C@@H](C)Nc2ccc(Cl)nc2C(=O)O)c2nc(N3Cc4cc(F)cnc4[C@@H]3C)cc(=O)n2c1. The third-order valence-electron chi connectivity index (χ3n) is 6.28. The number of aromatic carboxylic acids is 1. The van der Waals surface area contributed by atoms with E-state index in [9.17, 15) is 19.1 Å². The zero-order valence-corrected chi connectivity index (χ0v) is 20.4. The first kappa shape index (κ1) is 23.7. The van der Waals surface area contributed by atoms with Crippen LogP contribution in [0.2, 0.25) is 5.15 Å². The maximum absolute atomic E-state index is 13.7. The zero-order valence-electron chi connectivity index (χ0n) is 19.7. The summed E-state index contributed by atoms with van der Waals surface area (Å²) >= 11 is 5.88. The van der Waals surface area contributed by atoms with Crippen molar-refractivity contribution in [3.63, 3.8) is 0 Å². The Morgan fingerprint density at radius 3 is 2.81 bits per heavy atom. The van der Waals surface area contributed by atoms with Gasteiger partial charge < -0.3 is 15.3 Å². The van der Waals surface area contributed by atoms with Gasteiger partial charge in [0, 0.05) is 24.4 Å². The van der Waals surface area contributed by atoms with E-state index in [1.807, 2.05) is 31.7 Å². The summed E-state index contributed by atoms with van der Waals surface area (Å²) in [5.41, 5.74) is 3.24. The fourth-order valence-electron chi connectivity index (χ4n) is 4.59. The van der Waals surface area contributed by atoms with Crippen molar-refractivity contribution in [2.45, 2.75) is 39.4 Å². The monoisotopic (exact) mass is 508 g/mol. The van der Waals surface area contributed by atoms with Crippen molar-refractivity contribution < 1.29 is 14.3 Å². The maximum atomic E-state index is 13.7. The van der Waals surface area contributed by atoms with Crippen molar-refractivity contribution in [3.8, 4) is 0 Å². The maximum Gasteiger partial charge on any atom is 0.356 e. The summed E-state index contributed by atoms with van der Waals surface area (Å²) in [5, 5.41) is 12.8. The van der Waals surface area contributed by atoms with E-state index < -0.39 is 17.8 Å². The molecule has 0 spiro atoms. The molecular weight excluding hydrogens is 487 g/mol. The van der Waals surface area contributed by atoms with Gasteiger partial charge in [-0.25, -0.2) is 19.2 Å². The first-order valence-electron chi connectivity index (χ1n) is 11.2. The number of carbonyl (C=O) groups is 1. The van der Waals surface area contributed by atoms with Gasteiger partial charge in [-0.2, -0.15) is 0 Å². The Kier molecular flexibility index (Phi) is 5.83. The summed E-state index contributed by atoms with van der Waals surface area (Å²) in [7, 11) is 0. The van der Waals surface area contributed by atoms with Gasteiger partial charge >= 0.3 is 5.97 Å². The molecule has 36 heavy (non-hydrogen) atoms. The number of nitrogens with zero attached hydrogens (tertiary/aromatic N) is 5. The van der Waals surface area contributed by atoms with Crippen molar-refractivity contribution in [3.05, 3.63) is 92.1 Å². The van der Waals surface area contributed by atoms with Gasteiger partial charge in [0.1, 0.15) is 22.4 Å². The molecule has 0 amide bonds. The van der Waals surface area contributed by atoms with Crippen LogP contribution in [0.4, 0.5) is 15.9 Å². The fraction of sp³-hybridized carbons (Fsp3) is 0.240. The molecule has 4 aromatic rings. The summed E-state index contributed by atoms with van der Waals surface area (Å²) in [6.07, 6.45) is 2.89. The smallest absolute Gasteiger partial charge is 0.356 e. The summed E-state index contributed by atoms with van der Waals surface area (Å²) < 4.78 is 15.2. The predicted octanol–water partition coefficient (Wildman–Crippen LogP) is 4.54. The molecule has 0 unspecified atom stereocenters. The molecule has 2 N–H and O–H groups in total. The molecule has 2 atom stereocenters. The van der Waals surface area contributed by atoms with E-state index in [-0.39, 0.29) is 28.1 Å². The average Bonchev–Trinajstić information content (AvgIpc) is 3.15. The molecule has 11 heteroatoms. The lowest BCUT2D eigenvalue weighted by Crippen LogP contribution is -2.25. The molecule has 0 saturated carbocycles. The lowest BCUT2D eigenvalue weighted by molar-refractivity contribution is 0.0691. The highest BCUT2D eigenvalue weighted by Crippen LogP contribution is 2.35. The quantitative estimate of drug-likeness (QED) is 0.378. The molecule has 5 rings (SSSR count). The molecule has 4 aromatic heterocycles. The van der Waals surface area contributed by atoms with E-state index in [1.54, 1.807) is 12.3 Å². The van der Waals surface area contributed by atoms with E-state index in [2.05, 4.69) is 15.3 Å². The summed E-state index contributed by atoms with van der Waals surface area (Å²) in [4.78, 5) is 39.7. The van der Waals surface area contributed by atoms with Gasteiger partial charge in [0.25, 0.3) is 5.56 Å². The molecule has 1 aliphatic rings. The topological polar surface area (TPSA) is 113 Å². The first-order chi connectivity index (χ1) is 17.1. The lowest BCUT2D eigenvalue weighted by atomic mass is 10.1. The van der Waals surface area contributed by atoms with Crippen molar-refractivity contribution >= 4 is 34.7 Å². The normalized spacial score (nSPS) is 15.7. The molecule has 0 fully saturated rings. The second-order valence-electron chi connectivity index (χ2n) is 8.82. The Morgan fingerprint density at radius 1 is 1.28 bits per heavy atom. The van der Waals surface area contributed by atoms with E-state index in [4.69, 9.17) is 16.6 Å². The Labute approximate surface area is 210 Å². The highest BCUT2D eigenvalue weighted by atomic mass is 35.5. The second kappa shape index (κ2) is 8.87. The number of carboxylic acids is 1. The first-order valence-corrected chi connectivity index (χ1v) is 11.6. The highest BCUT2D eigenvalue weighted by Gasteiger charge is 2.30. The summed E-state index contributed by atoms with van der Waals surface area (Å²) in [6.45, 7) is 6.01. The Bertz CT molecular complexity index is 1590. The second-order valence-corrected chi connectivity index (χ2v) is 9.21. The van der Waals surface area contributed by atoms with Gasteiger partial charge in [0.2, 0.25) is 0 Å². The summed E-state index contributed by atoms with van der Waals surface area (Å²) in [6, 6.07) is 7.22. The summed E-state index contributed by atoms with van der Waals surface area (Å²) in [5.74, 6) is -1.18. The van der Waals surface area contributed by atoms with Crippen LogP contribution in [0.3, 0.4) is 0 Å². The van der Waals surface area contributed by atoms with E-state index >= 15 is 0 Å². The number of hydrogen-bond donors (Lipinski definition) is 2. The van der Waals surface area contributed by atoms with Crippen LogP contribution in [0.25, 0.3) is 5.65 Å². The standard InChI is InChI=1S/C25H22ClFN6O3/c1-12-6-17(13(2)29-18-4-5-19(26)30-23(18)25(35)36)24-31-20(8-21(34)33(24)10-12)32-11-15-7-16(27)9-28-22(15)14(32)3/h4-10,13-14,29H,11H2,1-3H3,(H,35,36)/t13-,14+/m1/s1. The minimum Gasteiger partial charge on any atom is -0.476 e. The van der Waals surface area contributed by atoms with Crippen LogP contribution in [0.15, 0.2) is 47.5 Å². The molecule has 1 aliphatic heterocycles. The van der Waals surface area contributed by atoms with E-state index in [0.717, 1.165) is 16.8 Å². The number of aryl methyl sites for hydroxylation is 1. The molecule has 0 aliphatic carbocycles. The van der Waals surface area contributed by atoms with Gasteiger partial charge in [-0.3, -0.25) is 14.2 Å². The fourth-order valence-corrected chi connectivity index (χ4v) is 4.74. The molecule has 0 bridgehead atoms. The van der Waals surface area contributed by atoms with Crippen LogP contribution >= 0.6 is 11.6 Å². The highest BCUT2D eigenvalue weighted by molar-refractivity contribution is 6.29. The van der Waals surface area contributed by atoms with Crippen LogP contribution in [-0.2, 0) is 6.54 Å². The largest absolute Gasteiger partial charge is 0.476 e. The molecule has 0 radical (unpaired) electrons. The van der Waals surface area contributed by atoms with E-state index in [1.165, 1.54) is 28.8 Å². The molecule has 0 saturated heterocycles. The van der Waals surface area contributed by atoms with Crippen molar-refractivity contribution in [1.82, 2.24) is 19.4 Å². The Hall–Kier alpha value is -4.05. The molecule has 184 valence electrons. The number of hydrogen-bond acceptors (Lipinski definition) is 7. The number of carboxylic acid groups (broad SMARTS) is 1. The van der Waals surface area contributed by atoms with E-state index in [0.29, 0.717) is 23.6 Å². The molecule has 5 heterocycles.